The van der Waals surface area contributed by atoms with Gasteiger partial charge in [0.05, 0.1) is 37.9 Å². The van der Waals surface area contributed by atoms with Gasteiger partial charge in [0.15, 0.2) is 5.13 Å². The smallest absolute Gasteiger partial charge is 0.280 e. The molecule has 0 saturated carbocycles. The van der Waals surface area contributed by atoms with Crippen LogP contribution in [0, 0.1) is 32.8 Å². The van der Waals surface area contributed by atoms with Crippen LogP contribution >= 0.6 is 22.7 Å². The molecule has 3 rings (SSSR count). The first kappa shape index (κ1) is 24.9. The summed E-state index contributed by atoms with van der Waals surface area (Å²) in [6.45, 7) is -0.0783. The number of benzene rings is 1. The third-order valence-electron chi connectivity index (χ3n) is 4.47. The number of carbonyl (C=O) groups is 1. The number of hydrogen-bond donors (Lipinski definition) is 1. The summed E-state index contributed by atoms with van der Waals surface area (Å²) in [5, 5.41) is 34.4. The molecule has 0 unspecified atom stereocenters. The predicted octanol–water partition coefficient (Wildman–Crippen LogP) is 3.85. The molecule has 0 fully saturated rings. The molecule has 0 spiro atoms. The molecule has 1 amide bonds. The minimum absolute atomic E-state index is 0.0141. The molecule has 34 heavy (non-hydrogen) atoms. The number of rotatable bonds is 10. The van der Waals surface area contributed by atoms with E-state index in [-0.39, 0.29) is 47.2 Å². The summed E-state index contributed by atoms with van der Waals surface area (Å²) in [6.07, 6.45) is -0.0282. The van der Waals surface area contributed by atoms with Crippen molar-refractivity contribution in [2.75, 3.05) is 18.4 Å². The number of aromatic nitrogens is 1. The number of nitro groups is 1. The van der Waals surface area contributed by atoms with Gasteiger partial charge in [-0.1, -0.05) is 0 Å². The maximum absolute atomic E-state index is 12.9. The van der Waals surface area contributed by atoms with Gasteiger partial charge >= 0.3 is 0 Å². The molecule has 0 aliphatic heterocycles. The fourth-order valence-corrected chi connectivity index (χ4v) is 5.84. The summed E-state index contributed by atoms with van der Waals surface area (Å²) >= 11 is 2.32. The minimum atomic E-state index is -3.94. The lowest BCUT2D eigenvalue weighted by Crippen LogP contribution is -2.32. The molecule has 14 heteroatoms. The molecule has 0 bridgehead atoms. The molecule has 0 aliphatic rings. The quantitative estimate of drug-likeness (QED) is 0.313. The van der Waals surface area contributed by atoms with Crippen molar-refractivity contribution in [1.82, 2.24) is 9.29 Å². The summed E-state index contributed by atoms with van der Waals surface area (Å²) < 4.78 is 26.8. The molecular formula is C20H16N6O5S3. The number of carbonyl (C=O) groups excluding carboxylic acids is 1. The second kappa shape index (κ2) is 11.0. The first-order valence-corrected chi connectivity index (χ1v) is 12.8. The average Bonchev–Trinajstić information content (AvgIpc) is 3.49. The number of nitrogens with zero attached hydrogens (tertiary/aromatic N) is 5. The molecule has 1 N–H and O–H groups in total. The number of nitrogens with one attached hydrogen (secondary N) is 1. The maximum atomic E-state index is 12.9. The Morgan fingerprint density at radius 3 is 2.32 bits per heavy atom. The number of amides is 1. The minimum Gasteiger partial charge on any atom is -0.298 e. The first-order chi connectivity index (χ1) is 16.3. The third kappa shape index (κ3) is 5.81. The van der Waals surface area contributed by atoms with Crippen LogP contribution in [0.15, 0.2) is 46.0 Å². The zero-order valence-corrected chi connectivity index (χ0v) is 19.8. The molecule has 0 atom stereocenters. The summed E-state index contributed by atoms with van der Waals surface area (Å²) in [6, 6.07) is 10.5. The zero-order valence-electron chi connectivity index (χ0n) is 17.4. The number of hydrogen-bond acceptors (Lipinski definition) is 10. The molecule has 11 nitrogen and oxygen atoms in total. The van der Waals surface area contributed by atoms with Gasteiger partial charge in [0.25, 0.3) is 11.6 Å². The van der Waals surface area contributed by atoms with Crippen molar-refractivity contribution in [3.8, 4) is 22.7 Å². The van der Waals surface area contributed by atoms with Gasteiger partial charge in [-0.15, -0.1) is 22.7 Å². The van der Waals surface area contributed by atoms with Gasteiger partial charge in [-0.25, -0.2) is 13.4 Å². The van der Waals surface area contributed by atoms with E-state index in [1.54, 1.807) is 5.38 Å². The standard InChI is InChI=1S/C20H16N6O5S3/c21-7-1-9-25(10-2-8-22)34(30,31)16-5-3-14(4-6-16)19(27)24-20-23-17(13-33-20)18-11-15(12-32-18)26(28)29/h3-6,11-13H,1-2,9-10H2,(H,23,24,27). The van der Waals surface area contributed by atoms with Gasteiger partial charge < -0.3 is 0 Å². The van der Waals surface area contributed by atoms with Gasteiger partial charge in [-0.2, -0.15) is 14.8 Å². The Hall–Kier alpha value is -3.69. The van der Waals surface area contributed by atoms with E-state index < -0.39 is 20.9 Å². The fourth-order valence-electron chi connectivity index (χ4n) is 2.80. The van der Waals surface area contributed by atoms with Crippen LogP contribution in [0.25, 0.3) is 10.6 Å². The Balaban J connectivity index is 1.71. The van der Waals surface area contributed by atoms with E-state index >= 15 is 0 Å². The number of nitriles is 2. The van der Waals surface area contributed by atoms with Gasteiger partial charge in [0.1, 0.15) is 0 Å². The molecule has 2 aromatic heterocycles. The number of anilines is 1. The van der Waals surface area contributed by atoms with Crippen molar-refractivity contribution < 1.29 is 18.1 Å². The molecule has 3 aromatic rings. The van der Waals surface area contributed by atoms with E-state index in [0.717, 1.165) is 15.6 Å². The van der Waals surface area contributed by atoms with Crippen LogP contribution in [-0.2, 0) is 10.0 Å². The first-order valence-electron chi connectivity index (χ1n) is 9.60. The van der Waals surface area contributed by atoms with Crippen molar-refractivity contribution in [3.05, 3.63) is 56.8 Å². The lowest BCUT2D eigenvalue weighted by molar-refractivity contribution is -0.384. The number of sulfonamides is 1. The molecular weight excluding hydrogens is 500 g/mol. The second-order valence-corrected chi connectivity index (χ2v) is 10.4. The molecule has 1 aromatic carbocycles. The molecule has 2 heterocycles. The highest BCUT2D eigenvalue weighted by Gasteiger charge is 2.24. The maximum Gasteiger partial charge on any atom is 0.280 e. The lowest BCUT2D eigenvalue weighted by atomic mass is 10.2. The highest BCUT2D eigenvalue weighted by atomic mass is 32.2. The normalized spacial score (nSPS) is 11.0. The van der Waals surface area contributed by atoms with Crippen LogP contribution in [0.2, 0.25) is 0 Å². The van der Waals surface area contributed by atoms with Crippen molar-refractivity contribution in [1.29, 1.82) is 10.5 Å². The van der Waals surface area contributed by atoms with Crippen LogP contribution in [0.1, 0.15) is 23.2 Å². The Morgan fingerprint density at radius 2 is 1.76 bits per heavy atom. The lowest BCUT2D eigenvalue weighted by Gasteiger charge is -2.20. The Morgan fingerprint density at radius 1 is 1.12 bits per heavy atom. The average molecular weight is 517 g/mol. The largest absolute Gasteiger partial charge is 0.298 e. The van der Waals surface area contributed by atoms with E-state index in [1.165, 1.54) is 47.0 Å². The fraction of sp³-hybridized carbons (Fsp3) is 0.200. The van der Waals surface area contributed by atoms with Crippen molar-refractivity contribution >= 4 is 49.4 Å². The summed E-state index contributed by atoms with van der Waals surface area (Å²) in [5.74, 6) is -0.507. The van der Waals surface area contributed by atoms with Crippen molar-refractivity contribution in [2.24, 2.45) is 0 Å². The van der Waals surface area contributed by atoms with Crippen molar-refractivity contribution in [3.63, 3.8) is 0 Å². The predicted molar refractivity (Wildman–Crippen MR) is 126 cm³/mol. The SMILES string of the molecule is N#CCCN(CCC#N)S(=O)(=O)c1ccc(C(=O)Nc2nc(-c3cc([N+](=O)[O-])cs3)cs2)cc1. The molecule has 0 saturated heterocycles. The van der Waals surface area contributed by atoms with Crippen LogP contribution in [0.5, 0.6) is 0 Å². The Kier molecular flexibility index (Phi) is 8.04. The topological polar surface area (TPSA) is 170 Å². The number of thiophene rings is 1. The summed E-state index contributed by atoms with van der Waals surface area (Å²) in [4.78, 5) is 27.7. The highest BCUT2D eigenvalue weighted by Crippen LogP contribution is 2.33. The van der Waals surface area contributed by atoms with E-state index in [1.807, 2.05) is 12.1 Å². The summed E-state index contributed by atoms with van der Waals surface area (Å²) in [7, 11) is -3.94. The van der Waals surface area contributed by atoms with Gasteiger partial charge in [0, 0.05) is 42.9 Å². The van der Waals surface area contributed by atoms with Gasteiger partial charge in [-0.3, -0.25) is 20.2 Å². The van der Waals surface area contributed by atoms with E-state index in [4.69, 9.17) is 10.5 Å². The second-order valence-electron chi connectivity index (χ2n) is 6.66. The Bertz CT molecular complexity index is 1360. The monoisotopic (exact) mass is 516 g/mol. The molecule has 0 aliphatic carbocycles. The van der Waals surface area contributed by atoms with Crippen molar-refractivity contribution in [2.45, 2.75) is 17.7 Å². The molecule has 0 radical (unpaired) electrons. The van der Waals surface area contributed by atoms with Crippen LogP contribution in [-0.4, -0.2) is 41.6 Å². The van der Waals surface area contributed by atoms with Crippen LogP contribution in [0.3, 0.4) is 0 Å². The summed E-state index contributed by atoms with van der Waals surface area (Å²) in [5.41, 5.74) is 0.658. The van der Waals surface area contributed by atoms with E-state index in [0.29, 0.717) is 10.6 Å². The molecule has 174 valence electrons. The van der Waals surface area contributed by atoms with Gasteiger partial charge in [-0.05, 0) is 24.3 Å². The highest BCUT2D eigenvalue weighted by molar-refractivity contribution is 7.89. The third-order valence-corrected chi connectivity index (χ3v) is 8.08. The van der Waals surface area contributed by atoms with E-state index in [9.17, 15) is 23.3 Å². The Labute approximate surface area is 202 Å². The number of thiazole rings is 1. The van der Waals surface area contributed by atoms with Crippen LogP contribution < -0.4 is 5.32 Å². The zero-order chi connectivity index (χ0) is 24.7. The van der Waals surface area contributed by atoms with Crippen LogP contribution in [0.4, 0.5) is 10.8 Å². The van der Waals surface area contributed by atoms with E-state index in [2.05, 4.69) is 10.3 Å². The van der Waals surface area contributed by atoms with Gasteiger partial charge in [0.2, 0.25) is 10.0 Å².